The lowest BCUT2D eigenvalue weighted by Gasteiger charge is -2.21. The maximum Gasteiger partial charge on any atom is 0.183 e. The van der Waals surface area contributed by atoms with Crippen molar-refractivity contribution in [3.05, 3.63) is 0 Å². The molecule has 0 saturated heterocycles. The monoisotopic (exact) mass is 316 g/mol. The van der Waals surface area contributed by atoms with Crippen LogP contribution in [0.2, 0.25) is 0 Å². The lowest BCUT2D eigenvalue weighted by Crippen LogP contribution is -2.30. The van der Waals surface area contributed by atoms with E-state index in [0.717, 1.165) is 12.8 Å². The highest BCUT2D eigenvalue weighted by Crippen LogP contribution is 2.09. The summed E-state index contributed by atoms with van der Waals surface area (Å²) >= 11 is 0. The zero-order chi connectivity index (χ0) is 16.5. The lowest BCUT2D eigenvalue weighted by atomic mass is 10.1. The Bertz CT molecular complexity index is 189. The van der Waals surface area contributed by atoms with Crippen LogP contribution < -0.4 is 0 Å². The van der Waals surface area contributed by atoms with Crippen molar-refractivity contribution in [1.29, 1.82) is 0 Å². The second kappa shape index (κ2) is 17.2. The first-order chi connectivity index (χ1) is 10.7. The van der Waals surface area contributed by atoms with E-state index in [2.05, 4.69) is 13.8 Å². The molecule has 0 rings (SSSR count). The Labute approximate surface area is 138 Å². The summed E-state index contributed by atoms with van der Waals surface area (Å²) in [7, 11) is 0. The Kier molecular flexibility index (Phi) is 17.1. The molecule has 0 radical (unpaired) electrons. The SMILES string of the molecule is CCCCCCCCOC(OCCCCCCCC)C(C)O. The maximum absolute atomic E-state index is 9.71. The Morgan fingerprint density at radius 2 is 1.00 bits per heavy atom. The van der Waals surface area contributed by atoms with Gasteiger partial charge in [0.15, 0.2) is 6.29 Å². The first kappa shape index (κ1) is 21.9. The summed E-state index contributed by atoms with van der Waals surface area (Å²) in [4.78, 5) is 0. The van der Waals surface area contributed by atoms with Crippen LogP contribution in [0.15, 0.2) is 0 Å². The minimum atomic E-state index is -0.555. The fraction of sp³-hybridized carbons (Fsp3) is 1.00. The Morgan fingerprint density at radius 1 is 0.636 bits per heavy atom. The number of rotatable bonds is 17. The van der Waals surface area contributed by atoms with Crippen LogP contribution in [-0.2, 0) is 9.47 Å². The Morgan fingerprint density at radius 3 is 1.36 bits per heavy atom. The van der Waals surface area contributed by atoms with Crippen LogP contribution in [0.1, 0.15) is 97.8 Å². The van der Waals surface area contributed by atoms with E-state index in [1.54, 1.807) is 6.92 Å². The van der Waals surface area contributed by atoms with E-state index in [9.17, 15) is 5.11 Å². The predicted molar refractivity (Wildman–Crippen MR) is 94.1 cm³/mol. The van der Waals surface area contributed by atoms with Crippen LogP contribution in [0.4, 0.5) is 0 Å². The smallest absolute Gasteiger partial charge is 0.183 e. The van der Waals surface area contributed by atoms with Gasteiger partial charge in [0.2, 0.25) is 0 Å². The molecule has 0 spiro atoms. The normalized spacial score (nSPS) is 13.0. The number of aliphatic hydroxyl groups is 1. The summed E-state index contributed by atoms with van der Waals surface area (Å²) in [5.74, 6) is 0. The van der Waals surface area contributed by atoms with Crippen LogP contribution in [0, 0.1) is 0 Å². The molecule has 0 heterocycles. The summed E-state index contributed by atoms with van der Waals surface area (Å²) in [5.41, 5.74) is 0. The first-order valence-corrected chi connectivity index (χ1v) is 9.63. The zero-order valence-electron chi connectivity index (χ0n) is 15.3. The van der Waals surface area contributed by atoms with Gasteiger partial charge >= 0.3 is 0 Å². The quantitative estimate of drug-likeness (QED) is 0.286. The summed E-state index contributed by atoms with van der Waals surface area (Å²) in [6, 6.07) is 0. The molecular weight excluding hydrogens is 276 g/mol. The molecule has 1 N–H and O–H groups in total. The molecule has 1 unspecified atom stereocenters. The van der Waals surface area contributed by atoms with Gasteiger partial charge in [0.25, 0.3) is 0 Å². The Hall–Kier alpha value is -0.120. The number of hydrogen-bond donors (Lipinski definition) is 1. The van der Waals surface area contributed by atoms with Crippen molar-refractivity contribution in [3.8, 4) is 0 Å². The van der Waals surface area contributed by atoms with Crippen molar-refractivity contribution in [3.63, 3.8) is 0 Å². The molecule has 3 heteroatoms. The third-order valence-corrected chi connectivity index (χ3v) is 3.95. The highest BCUT2D eigenvalue weighted by Gasteiger charge is 2.15. The van der Waals surface area contributed by atoms with Gasteiger partial charge in [0.05, 0.1) is 0 Å². The second-order valence-corrected chi connectivity index (χ2v) is 6.39. The average Bonchev–Trinajstić information content (AvgIpc) is 2.50. The third kappa shape index (κ3) is 14.8. The van der Waals surface area contributed by atoms with E-state index >= 15 is 0 Å². The molecule has 0 aliphatic carbocycles. The average molecular weight is 317 g/mol. The van der Waals surface area contributed by atoms with E-state index in [1.165, 1.54) is 64.2 Å². The molecule has 0 amide bonds. The minimum Gasteiger partial charge on any atom is -0.388 e. The number of aliphatic hydroxyl groups excluding tert-OH is 1. The molecule has 0 aromatic heterocycles. The van der Waals surface area contributed by atoms with E-state index in [4.69, 9.17) is 9.47 Å². The second-order valence-electron chi connectivity index (χ2n) is 6.39. The summed E-state index contributed by atoms with van der Waals surface area (Å²) in [5, 5.41) is 9.71. The van der Waals surface area contributed by atoms with Gasteiger partial charge in [-0.1, -0.05) is 78.1 Å². The molecule has 22 heavy (non-hydrogen) atoms. The summed E-state index contributed by atoms with van der Waals surface area (Å²) in [6.45, 7) is 7.60. The van der Waals surface area contributed by atoms with Crippen molar-refractivity contribution in [2.45, 2.75) is 110 Å². The van der Waals surface area contributed by atoms with Crippen molar-refractivity contribution in [2.24, 2.45) is 0 Å². The van der Waals surface area contributed by atoms with Gasteiger partial charge in [-0.3, -0.25) is 0 Å². The van der Waals surface area contributed by atoms with Gasteiger partial charge in [-0.2, -0.15) is 0 Å². The van der Waals surface area contributed by atoms with Crippen molar-refractivity contribution < 1.29 is 14.6 Å². The fourth-order valence-corrected chi connectivity index (χ4v) is 2.49. The van der Waals surface area contributed by atoms with Gasteiger partial charge in [-0.25, -0.2) is 0 Å². The maximum atomic E-state index is 9.71. The van der Waals surface area contributed by atoms with Crippen molar-refractivity contribution in [2.75, 3.05) is 13.2 Å². The molecule has 3 nitrogen and oxygen atoms in total. The van der Waals surface area contributed by atoms with Gasteiger partial charge in [0.1, 0.15) is 6.10 Å². The number of ether oxygens (including phenoxy) is 2. The van der Waals surface area contributed by atoms with Crippen LogP contribution in [0.3, 0.4) is 0 Å². The molecular formula is C19H40O3. The highest BCUT2D eigenvalue weighted by atomic mass is 16.7. The van der Waals surface area contributed by atoms with E-state index in [1.807, 2.05) is 0 Å². The molecule has 0 aromatic rings. The van der Waals surface area contributed by atoms with Crippen molar-refractivity contribution >= 4 is 0 Å². The molecule has 0 fully saturated rings. The van der Waals surface area contributed by atoms with E-state index in [-0.39, 0.29) is 0 Å². The van der Waals surface area contributed by atoms with Gasteiger partial charge in [-0.05, 0) is 19.8 Å². The van der Waals surface area contributed by atoms with E-state index < -0.39 is 12.4 Å². The van der Waals surface area contributed by atoms with Gasteiger partial charge in [-0.15, -0.1) is 0 Å². The van der Waals surface area contributed by atoms with Gasteiger partial charge in [0, 0.05) is 13.2 Å². The van der Waals surface area contributed by atoms with Gasteiger partial charge < -0.3 is 14.6 Å². The number of hydrogen-bond acceptors (Lipinski definition) is 3. The minimum absolute atomic E-state index is 0.453. The molecule has 1 atom stereocenters. The Balaban J connectivity index is 3.49. The van der Waals surface area contributed by atoms with Crippen LogP contribution in [0.25, 0.3) is 0 Å². The predicted octanol–water partition coefficient (Wildman–Crippen LogP) is 5.45. The zero-order valence-corrected chi connectivity index (χ0v) is 15.3. The largest absolute Gasteiger partial charge is 0.388 e. The number of unbranched alkanes of at least 4 members (excludes halogenated alkanes) is 10. The summed E-state index contributed by atoms with van der Waals surface area (Å²) < 4.78 is 11.4. The molecule has 0 aromatic carbocycles. The third-order valence-electron chi connectivity index (χ3n) is 3.95. The fourth-order valence-electron chi connectivity index (χ4n) is 2.49. The van der Waals surface area contributed by atoms with Crippen LogP contribution in [0.5, 0.6) is 0 Å². The molecule has 0 bridgehead atoms. The van der Waals surface area contributed by atoms with Crippen LogP contribution >= 0.6 is 0 Å². The highest BCUT2D eigenvalue weighted by molar-refractivity contribution is 4.54. The summed E-state index contributed by atoms with van der Waals surface area (Å²) in [6.07, 6.45) is 14.0. The van der Waals surface area contributed by atoms with Crippen molar-refractivity contribution in [1.82, 2.24) is 0 Å². The standard InChI is InChI=1S/C19H40O3/c1-4-6-8-10-12-14-16-21-19(18(3)20)22-17-15-13-11-9-7-5-2/h18-20H,4-17H2,1-3H3. The molecule has 0 aliphatic heterocycles. The topological polar surface area (TPSA) is 38.7 Å². The molecule has 0 aliphatic rings. The van der Waals surface area contributed by atoms with E-state index in [0.29, 0.717) is 13.2 Å². The first-order valence-electron chi connectivity index (χ1n) is 9.63. The lowest BCUT2D eigenvalue weighted by molar-refractivity contribution is -0.190. The van der Waals surface area contributed by atoms with Crippen LogP contribution in [-0.4, -0.2) is 30.7 Å². The molecule has 0 saturated carbocycles. The molecule has 134 valence electrons.